The average Bonchev–Trinajstić information content (AvgIpc) is 2.74. The van der Waals surface area contributed by atoms with Gasteiger partial charge in [-0.3, -0.25) is 9.52 Å². The molecule has 0 spiro atoms. The quantitative estimate of drug-likeness (QED) is 0.565. The van der Waals surface area contributed by atoms with Crippen LogP contribution in [-0.2, 0) is 21.4 Å². The van der Waals surface area contributed by atoms with Crippen LogP contribution < -0.4 is 9.46 Å². The Morgan fingerprint density at radius 3 is 2.23 bits per heavy atom. The van der Waals surface area contributed by atoms with E-state index in [4.69, 9.17) is 16.3 Å². The summed E-state index contributed by atoms with van der Waals surface area (Å²) in [5.74, 6) is 0.224. The first-order valence-corrected chi connectivity index (χ1v) is 11.0. The fourth-order valence-corrected chi connectivity index (χ4v) is 3.83. The van der Waals surface area contributed by atoms with Crippen LogP contribution in [0.4, 0.5) is 5.69 Å². The van der Waals surface area contributed by atoms with Crippen LogP contribution >= 0.6 is 11.6 Å². The topological polar surface area (TPSA) is 75.7 Å². The number of anilines is 1. The Hall–Kier alpha value is -3.03. The van der Waals surface area contributed by atoms with E-state index >= 15 is 0 Å². The first kappa shape index (κ1) is 21.7. The number of hydrogen-bond acceptors (Lipinski definition) is 4. The molecule has 0 atom stereocenters. The molecule has 156 valence electrons. The minimum absolute atomic E-state index is 0.0809. The molecule has 0 bridgehead atoms. The van der Waals surface area contributed by atoms with Gasteiger partial charge in [-0.05, 0) is 54.1 Å². The lowest BCUT2D eigenvalue weighted by Gasteiger charge is -2.17. The first-order chi connectivity index (χ1) is 14.3. The zero-order chi connectivity index (χ0) is 21.6. The minimum Gasteiger partial charge on any atom is -0.484 e. The van der Waals surface area contributed by atoms with Crippen molar-refractivity contribution in [1.29, 1.82) is 0 Å². The number of nitrogens with one attached hydrogen (secondary N) is 1. The van der Waals surface area contributed by atoms with Crippen molar-refractivity contribution in [2.75, 3.05) is 18.4 Å². The lowest BCUT2D eigenvalue weighted by atomic mass is 10.2. The van der Waals surface area contributed by atoms with E-state index in [1.54, 1.807) is 36.2 Å². The normalized spacial score (nSPS) is 11.0. The van der Waals surface area contributed by atoms with Crippen molar-refractivity contribution in [2.24, 2.45) is 0 Å². The van der Waals surface area contributed by atoms with Crippen LogP contribution in [0.2, 0.25) is 5.02 Å². The fourth-order valence-electron chi connectivity index (χ4n) is 2.65. The summed E-state index contributed by atoms with van der Waals surface area (Å²) >= 11 is 5.81. The molecule has 3 rings (SSSR count). The summed E-state index contributed by atoms with van der Waals surface area (Å²) < 4.78 is 32.9. The van der Waals surface area contributed by atoms with Crippen molar-refractivity contribution in [3.05, 3.63) is 89.4 Å². The van der Waals surface area contributed by atoms with Gasteiger partial charge in [-0.2, -0.15) is 0 Å². The Balaban J connectivity index is 1.56. The van der Waals surface area contributed by atoms with Crippen LogP contribution in [0, 0.1) is 0 Å². The first-order valence-electron chi connectivity index (χ1n) is 9.13. The largest absolute Gasteiger partial charge is 0.484 e. The van der Waals surface area contributed by atoms with Crippen molar-refractivity contribution < 1.29 is 17.9 Å². The number of sulfonamides is 1. The van der Waals surface area contributed by atoms with E-state index in [0.29, 0.717) is 23.0 Å². The molecule has 0 heterocycles. The summed E-state index contributed by atoms with van der Waals surface area (Å²) in [6.07, 6.45) is 0. The van der Waals surface area contributed by atoms with Gasteiger partial charge in [-0.25, -0.2) is 8.42 Å². The lowest BCUT2D eigenvalue weighted by Crippen LogP contribution is -2.30. The smallest absolute Gasteiger partial charge is 0.261 e. The van der Waals surface area contributed by atoms with Gasteiger partial charge in [0.1, 0.15) is 5.75 Å². The molecule has 1 amide bonds. The molecule has 0 radical (unpaired) electrons. The molecule has 0 aliphatic rings. The maximum atomic E-state index is 12.5. The van der Waals surface area contributed by atoms with Gasteiger partial charge in [0.15, 0.2) is 6.61 Å². The number of benzene rings is 3. The highest BCUT2D eigenvalue weighted by Gasteiger charge is 2.15. The van der Waals surface area contributed by atoms with Crippen LogP contribution in [0.3, 0.4) is 0 Å². The van der Waals surface area contributed by atoms with Gasteiger partial charge in [-0.1, -0.05) is 41.9 Å². The highest BCUT2D eigenvalue weighted by molar-refractivity contribution is 7.92. The summed E-state index contributed by atoms with van der Waals surface area (Å²) in [6.45, 7) is 0.342. The molecule has 0 saturated heterocycles. The summed E-state index contributed by atoms with van der Waals surface area (Å²) in [6, 6.07) is 21.9. The van der Waals surface area contributed by atoms with Gasteiger partial charge >= 0.3 is 0 Å². The average molecular weight is 445 g/mol. The maximum Gasteiger partial charge on any atom is 0.261 e. The van der Waals surface area contributed by atoms with E-state index in [0.717, 1.165) is 5.56 Å². The molecule has 3 aromatic rings. The number of amides is 1. The highest BCUT2D eigenvalue weighted by atomic mass is 35.5. The van der Waals surface area contributed by atoms with E-state index < -0.39 is 10.0 Å². The van der Waals surface area contributed by atoms with Crippen LogP contribution in [0.5, 0.6) is 5.75 Å². The lowest BCUT2D eigenvalue weighted by molar-refractivity contribution is -0.132. The summed E-state index contributed by atoms with van der Waals surface area (Å²) in [4.78, 5) is 13.9. The number of likely N-dealkylation sites (N-methyl/N-ethyl adjacent to an activating group) is 1. The van der Waals surface area contributed by atoms with Crippen LogP contribution in [0.25, 0.3) is 0 Å². The highest BCUT2D eigenvalue weighted by Crippen LogP contribution is 2.20. The molecule has 0 aliphatic carbocycles. The van der Waals surface area contributed by atoms with E-state index in [1.165, 1.54) is 24.3 Å². The third-order valence-corrected chi connectivity index (χ3v) is 5.93. The fraction of sp³-hybridized carbons (Fsp3) is 0.136. The van der Waals surface area contributed by atoms with Gasteiger partial charge in [0, 0.05) is 24.3 Å². The van der Waals surface area contributed by atoms with Crippen molar-refractivity contribution in [3.63, 3.8) is 0 Å². The van der Waals surface area contributed by atoms with Crippen molar-refractivity contribution in [3.8, 4) is 5.75 Å². The number of ether oxygens (including phenoxy) is 1. The second-order valence-electron chi connectivity index (χ2n) is 6.61. The van der Waals surface area contributed by atoms with Crippen molar-refractivity contribution in [1.82, 2.24) is 4.90 Å². The Morgan fingerprint density at radius 2 is 1.60 bits per heavy atom. The Bertz CT molecular complexity index is 1090. The summed E-state index contributed by atoms with van der Waals surface area (Å²) in [7, 11) is -2.04. The number of carbonyl (C=O) groups excluding carboxylic acids is 1. The molecule has 0 fully saturated rings. The monoisotopic (exact) mass is 444 g/mol. The number of nitrogens with zero attached hydrogens (tertiary/aromatic N) is 1. The zero-order valence-corrected chi connectivity index (χ0v) is 17.9. The molecule has 0 aromatic heterocycles. The standard InChI is InChI=1S/C22H21ClN2O4S/c1-25(15-17-5-3-2-4-6-17)22(26)16-29-20-11-13-21(14-12-20)30(27,28)24-19-9-7-18(23)8-10-19/h2-14,24H,15-16H2,1H3. The molecule has 0 aliphatic heterocycles. The van der Waals surface area contributed by atoms with Gasteiger partial charge in [0.05, 0.1) is 4.90 Å². The number of carbonyl (C=O) groups is 1. The third kappa shape index (κ3) is 5.98. The Kier molecular flexibility index (Phi) is 6.97. The zero-order valence-electron chi connectivity index (χ0n) is 16.3. The number of rotatable bonds is 8. The predicted octanol–water partition coefficient (Wildman–Crippen LogP) is 4.18. The molecule has 0 unspecified atom stereocenters. The summed E-state index contributed by atoms with van der Waals surface area (Å²) in [5, 5.41) is 0.517. The van der Waals surface area contributed by atoms with Crippen LogP contribution in [0.1, 0.15) is 5.56 Å². The molecule has 30 heavy (non-hydrogen) atoms. The van der Waals surface area contributed by atoms with E-state index in [2.05, 4.69) is 4.72 Å². The molecule has 0 saturated carbocycles. The number of halogens is 1. The van der Waals surface area contributed by atoms with Gasteiger partial charge in [0.25, 0.3) is 15.9 Å². The number of hydrogen-bond donors (Lipinski definition) is 1. The Morgan fingerprint density at radius 1 is 0.967 bits per heavy atom. The molecule has 1 N–H and O–H groups in total. The Labute approximate surface area is 181 Å². The third-order valence-electron chi connectivity index (χ3n) is 4.28. The molecular weight excluding hydrogens is 424 g/mol. The van der Waals surface area contributed by atoms with Gasteiger partial charge < -0.3 is 9.64 Å². The van der Waals surface area contributed by atoms with Crippen molar-refractivity contribution >= 4 is 33.2 Å². The SMILES string of the molecule is CN(Cc1ccccc1)C(=O)COc1ccc(S(=O)(=O)Nc2ccc(Cl)cc2)cc1. The van der Waals surface area contributed by atoms with Crippen LogP contribution in [0.15, 0.2) is 83.8 Å². The summed E-state index contributed by atoms with van der Waals surface area (Å²) in [5.41, 5.74) is 1.43. The van der Waals surface area contributed by atoms with Gasteiger partial charge in [0.2, 0.25) is 0 Å². The van der Waals surface area contributed by atoms with E-state index in [-0.39, 0.29) is 17.4 Å². The maximum absolute atomic E-state index is 12.5. The van der Waals surface area contributed by atoms with Gasteiger partial charge in [-0.15, -0.1) is 0 Å². The molecule has 3 aromatic carbocycles. The van der Waals surface area contributed by atoms with Crippen LogP contribution in [-0.4, -0.2) is 32.9 Å². The van der Waals surface area contributed by atoms with E-state index in [1.807, 2.05) is 30.3 Å². The van der Waals surface area contributed by atoms with E-state index in [9.17, 15) is 13.2 Å². The molecular formula is C22H21ClN2O4S. The molecule has 6 nitrogen and oxygen atoms in total. The predicted molar refractivity (Wildman–Crippen MR) is 117 cm³/mol. The second kappa shape index (κ2) is 9.65. The second-order valence-corrected chi connectivity index (χ2v) is 8.73. The molecule has 8 heteroatoms. The van der Waals surface area contributed by atoms with Crippen molar-refractivity contribution in [2.45, 2.75) is 11.4 Å². The minimum atomic E-state index is -3.75.